The van der Waals surface area contributed by atoms with Gasteiger partial charge in [0.25, 0.3) is 6.47 Å². The van der Waals surface area contributed by atoms with Crippen LogP contribution >= 0.6 is 0 Å². The van der Waals surface area contributed by atoms with E-state index in [4.69, 9.17) is 15.2 Å². The summed E-state index contributed by atoms with van der Waals surface area (Å²) in [5, 5.41) is 0. The summed E-state index contributed by atoms with van der Waals surface area (Å²) in [6, 6.07) is 12.2. The smallest absolute Gasteiger partial charge is 0.293 e. The van der Waals surface area contributed by atoms with Gasteiger partial charge in [-0.1, -0.05) is 37.8 Å². The molecular weight excluding hydrogens is 554 g/mol. The Kier molecular flexibility index (Phi) is 11.0. The molecule has 3 N–H and O–H groups in total. The molecule has 1 aliphatic heterocycles. The molecule has 1 saturated heterocycles. The average Bonchev–Trinajstić information content (AvgIpc) is 2.99. The molecule has 2 fully saturated rings. The van der Waals surface area contributed by atoms with Crippen LogP contribution in [0.1, 0.15) is 62.6 Å². The molecule has 1 aliphatic carbocycles. The Balaban J connectivity index is 1.31. The monoisotopic (exact) mass is 595 g/mol. The molecule has 2 aromatic carbocycles. The minimum atomic E-state index is -3.78. The SMILES string of the molecule is CC(C)[C@H]1COCCN1C(=O)C1CCC(NS(=O)(=O)c2ccc(C#Cc3ccc(CCCOC=O)cc3)c(N)c2)CC1. The topological polar surface area (TPSA) is 128 Å². The molecule has 42 heavy (non-hydrogen) atoms. The maximum Gasteiger partial charge on any atom is 0.293 e. The summed E-state index contributed by atoms with van der Waals surface area (Å²) < 4.78 is 39.4. The Morgan fingerprint density at radius 2 is 1.88 bits per heavy atom. The van der Waals surface area contributed by atoms with Gasteiger partial charge in [-0.25, -0.2) is 13.1 Å². The highest BCUT2D eigenvalue weighted by molar-refractivity contribution is 7.89. The van der Waals surface area contributed by atoms with Crippen molar-refractivity contribution in [1.29, 1.82) is 0 Å². The van der Waals surface area contributed by atoms with E-state index in [0.29, 0.717) is 70.0 Å². The van der Waals surface area contributed by atoms with Gasteiger partial charge in [0.2, 0.25) is 15.9 Å². The molecular formula is C32H41N3O6S. The lowest BCUT2D eigenvalue weighted by molar-refractivity contribution is -0.147. The lowest BCUT2D eigenvalue weighted by atomic mass is 9.85. The van der Waals surface area contributed by atoms with Gasteiger partial charge < -0.3 is 20.1 Å². The Morgan fingerprint density at radius 3 is 2.55 bits per heavy atom. The maximum absolute atomic E-state index is 13.3. The molecule has 4 rings (SSSR count). The van der Waals surface area contributed by atoms with E-state index in [0.717, 1.165) is 24.0 Å². The quantitative estimate of drug-likeness (QED) is 0.186. The molecule has 1 saturated carbocycles. The molecule has 10 heteroatoms. The van der Waals surface area contributed by atoms with E-state index in [2.05, 4.69) is 30.4 Å². The molecule has 0 radical (unpaired) electrons. The van der Waals surface area contributed by atoms with Gasteiger partial charge >= 0.3 is 0 Å². The number of aryl methyl sites for hydroxylation is 1. The number of nitrogens with two attached hydrogens (primary N) is 1. The van der Waals surface area contributed by atoms with Crippen LogP contribution in [0.25, 0.3) is 0 Å². The second-order valence-electron chi connectivity index (χ2n) is 11.4. The van der Waals surface area contributed by atoms with Crippen LogP contribution < -0.4 is 10.5 Å². The number of nitrogens with one attached hydrogen (secondary N) is 1. The normalized spacial score (nSPS) is 20.9. The number of rotatable bonds is 10. The number of amides is 1. The van der Waals surface area contributed by atoms with Crippen LogP contribution in [0, 0.1) is 23.7 Å². The molecule has 226 valence electrons. The average molecular weight is 596 g/mol. The van der Waals surface area contributed by atoms with Gasteiger partial charge in [-0.05, 0) is 80.3 Å². The molecule has 0 bridgehead atoms. The van der Waals surface area contributed by atoms with Crippen LogP contribution in [-0.4, -0.2) is 64.1 Å². The van der Waals surface area contributed by atoms with Gasteiger partial charge in [-0.3, -0.25) is 9.59 Å². The highest BCUT2D eigenvalue weighted by Gasteiger charge is 2.36. The predicted octanol–water partition coefficient (Wildman–Crippen LogP) is 3.49. The number of sulfonamides is 1. The molecule has 0 spiro atoms. The summed E-state index contributed by atoms with van der Waals surface area (Å²) in [4.78, 5) is 25.6. The first-order valence-corrected chi connectivity index (χ1v) is 16.1. The standard InChI is InChI=1S/C32H41N3O6S/c1-23(2)31-21-40-19-17-35(31)32(37)27-11-14-28(15-12-27)34-42(38,39)29-16-13-26(30(33)20-29)10-9-25-7-5-24(6-8-25)4-3-18-41-22-36/h5-8,13,16,20,22-23,27-28,31,34H,3-4,11-12,14-15,17-19,21,33H2,1-2H3/t27?,28?,31-/m1/s1. The number of carbonyl (C=O) groups excluding carboxylic acids is 2. The van der Waals surface area contributed by atoms with Gasteiger partial charge in [0.15, 0.2) is 0 Å². The van der Waals surface area contributed by atoms with E-state index in [1.165, 1.54) is 12.1 Å². The molecule has 2 aromatic rings. The van der Waals surface area contributed by atoms with Crippen molar-refractivity contribution in [3.63, 3.8) is 0 Å². The minimum absolute atomic E-state index is 0.0853. The van der Waals surface area contributed by atoms with Crippen LogP contribution in [-0.2, 0) is 35.5 Å². The fraction of sp³-hybridized carbons (Fsp3) is 0.500. The third-order valence-corrected chi connectivity index (χ3v) is 9.56. The number of carbonyl (C=O) groups is 2. The zero-order valence-corrected chi connectivity index (χ0v) is 25.2. The van der Waals surface area contributed by atoms with Gasteiger partial charge in [0, 0.05) is 35.3 Å². The third-order valence-electron chi connectivity index (χ3n) is 8.04. The number of hydrogen-bond acceptors (Lipinski definition) is 7. The zero-order valence-electron chi connectivity index (χ0n) is 24.4. The second kappa shape index (κ2) is 14.7. The first-order chi connectivity index (χ1) is 20.2. The minimum Gasteiger partial charge on any atom is -0.468 e. The first-order valence-electron chi connectivity index (χ1n) is 14.6. The summed E-state index contributed by atoms with van der Waals surface area (Å²) >= 11 is 0. The summed E-state index contributed by atoms with van der Waals surface area (Å²) in [7, 11) is -3.78. The van der Waals surface area contributed by atoms with E-state index in [1.54, 1.807) is 6.07 Å². The third kappa shape index (κ3) is 8.34. The first kappa shape index (κ1) is 31.5. The van der Waals surface area contributed by atoms with Crippen molar-refractivity contribution in [2.24, 2.45) is 11.8 Å². The van der Waals surface area contributed by atoms with Crippen LogP contribution in [0.5, 0.6) is 0 Å². The van der Waals surface area contributed by atoms with E-state index in [1.807, 2.05) is 29.2 Å². The molecule has 0 unspecified atom stereocenters. The number of nitrogen functional groups attached to an aromatic ring is 1. The molecule has 1 heterocycles. The highest BCUT2D eigenvalue weighted by atomic mass is 32.2. The number of anilines is 1. The number of nitrogens with zero attached hydrogens (tertiary/aromatic N) is 1. The molecule has 0 aromatic heterocycles. The van der Waals surface area contributed by atoms with E-state index < -0.39 is 10.0 Å². The van der Waals surface area contributed by atoms with Gasteiger partial charge in [0.1, 0.15) is 0 Å². The lowest BCUT2D eigenvalue weighted by Crippen LogP contribution is -2.53. The molecule has 2 aliphatic rings. The predicted molar refractivity (Wildman–Crippen MR) is 161 cm³/mol. The van der Waals surface area contributed by atoms with Crippen molar-refractivity contribution in [1.82, 2.24) is 9.62 Å². The molecule has 9 nitrogen and oxygen atoms in total. The zero-order chi connectivity index (χ0) is 30.1. The fourth-order valence-electron chi connectivity index (χ4n) is 5.55. The van der Waals surface area contributed by atoms with Crippen molar-refractivity contribution >= 4 is 28.1 Å². The van der Waals surface area contributed by atoms with Crippen LogP contribution in [0.2, 0.25) is 0 Å². The summed E-state index contributed by atoms with van der Waals surface area (Å²) in [5.41, 5.74) is 8.95. The van der Waals surface area contributed by atoms with Gasteiger partial charge in [-0.2, -0.15) is 0 Å². The Bertz CT molecular complexity index is 1390. The Hall–Kier alpha value is -3.39. The number of ether oxygens (including phenoxy) is 2. The number of hydrogen-bond donors (Lipinski definition) is 2. The number of benzene rings is 2. The molecule has 1 amide bonds. The highest BCUT2D eigenvalue weighted by Crippen LogP contribution is 2.29. The fourth-order valence-corrected chi connectivity index (χ4v) is 6.89. The van der Waals surface area contributed by atoms with Crippen molar-refractivity contribution in [2.75, 3.05) is 32.1 Å². The van der Waals surface area contributed by atoms with Crippen molar-refractivity contribution in [3.8, 4) is 11.8 Å². The van der Waals surface area contributed by atoms with Crippen molar-refractivity contribution in [3.05, 3.63) is 59.2 Å². The maximum atomic E-state index is 13.3. The number of morpholine rings is 1. The van der Waals surface area contributed by atoms with E-state index in [9.17, 15) is 18.0 Å². The van der Waals surface area contributed by atoms with Crippen LogP contribution in [0.4, 0.5) is 5.69 Å². The van der Waals surface area contributed by atoms with Gasteiger partial charge in [-0.15, -0.1) is 0 Å². The molecule has 1 atom stereocenters. The Morgan fingerprint density at radius 1 is 1.14 bits per heavy atom. The van der Waals surface area contributed by atoms with E-state index >= 15 is 0 Å². The summed E-state index contributed by atoms with van der Waals surface area (Å²) in [6.45, 7) is 6.80. The summed E-state index contributed by atoms with van der Waals surface area (Å²) in [6.07, 6.45) is 4.07. The largest absolute Gasteiger partial charge is 0.468 e. The lowest BCUT2D eigenvalue weighted by Gasteiger charge is -2.41. The summed E-state index contributed by atoms with van der Waals surface area (Å²) in [5.74, 6) is 6.50. The van der Waals surface area contributed by atoms with E-state index in [-0.39, 0.29) is 34.5 Å². The Labute approximate surface area is 249 Å². The van der Waals surface area contributed by atoms with Crippen molar-refractivity contribution in [2.45, 2.75) is 69.4 Å². The second-order valence-corrected chi connectivity index (χ2v) is 13.1. The van der Waals surface area contributed by atoms with Crippen LogP contribution in [0.3, 0.4) is 0 Å². The van der Waals surface area contributed by atoms with Gasteiger partial charge in [0.05, 0.1) is 30.8 Å². The van der Waals surface area contributed by atoms with Crippen molar-refractivity contribution < 1.29 is 27.5 Å². The van der Waals surface area contributed by atoms with Crippen LogP contribution in [0.15, 0.2) is 47.4 Å².